The van der Waals surface area contributed by atoms with Gasteiger partial charge in [-0.15, -0.1) is 0 Å². The molecule has 1 saturated carbocycles. The summed E-state index contributed by atoms with van der Waals surface area (Å²) < 4.78 is 13.8. The fourth-order valence-electron chi connectivity index (χ4n) is 3.25. The third-order valence-electron chi connectivity index (χ3n) is 4.48. The largest absolute Gasteiger partial charge is 0.392 e. The summed E-state index contributed by atoms with van der Waals surface area (Å²) in [7, 11) is 0. The summed E-state index contributed by atoms with van der Waals surface area (Å²) >= 11 is 0. The van der Waals surface area contributed by atoms with Crippen LogP contribution in [-0.4, -0.2) is 35.6 Å². The van der Waals surface area contributed by atoms with Gasteiger partial charge in [0.2, 0.25) is 11.8 Å². The lowest BCUT2D eigenvalue weighted by molar-refractivity contribution is -0.131. The van der Waals surface area contributed by atoms with Crippen molar-refractivity contribution in [3.8, 4) is 0 Å². The first kappa shape index (κ1) is 15.0. The second-order valence-electron chi connectivity index (χ2n) is 5.90. The van der Waals surface area contributed by atoms with Gasteiger partial charge in [-0.3, -0.25) is 9.59 Å². The van der Waals surface area contributed by atoms with Gasteiger partial charge in [-0.2, -0.15) is 0 Å². The number of nitrogens with zero attached hydrogens (tertiary/aromatic N) is 1. The number of aliphatic hydroxyl groups excluding tert-OH is 1. The van der Waals surface area contributed by atoms with E-state index in [1.165, 1.54) is 11.0 Å². The lowest BCUT2D eigenvalue weighted by atomic mass is 10.0. The van der Waals surface area contributed by atoms with E-state index in [0.29, 0.717) is 25.8 Å². The number of para-hydroxylation sites is 1. The summed E-state index contributed by atoms with van der Waals surface area (Å²) in [5.41, 5.74) is 0.241. The van der Waals surface area contributed by atoms with Crippen LogP contribution in [0.2, 0.25) is 0 Å². The van der Waals surface area contributed by atoms with E-state index in [2.05, 4.69) is 5.32 Å². The molecule has 2 amide bonds. The highest BCUT2D eigenvalue weighted by Crippen LogP contribution is 2.27. The third kappa shape index (κ3) is 2.70. The molecule has 0 radical (unpaired) electrons. The van der Waals surface area contributed by atoms with Gasteiger partial charge >= 0.3 is 0 Å². The van der Waals surface area contributed by atoms with E-state index in [1.807, 2.05) is 0 Å². The molecule has 22 heavy (non-hydrogen) atoms. The van der Waals surface area contributed by atoms with Gasteiger partial charge < -0.3 is 15.3 Å². The van der Waals surface area contributed by atoms with E-state index in [9.17, 15) is 19.1 Å². The average Bonchev–Trinajstić information content (AvgIpc) is 3.07. The average molecular weight is 306 g/mol. The summed E-state index contributed by atoms with van der Waals surface area (Å²) in [6, 6.07) is 5.47. The number of nitrogens with one attached hydrogen (secondary N) is 1. The predicted molar refractivity (Wildman–Crippen MR) is 78.6 cm³/mol. The molecule has 6 heteroatoms. The molecule has 0 spiro atoms. The molecular formula is C16H19FN2O3. The summed E-state index contributed by atoms with van der Waals surface area (Å²) in [6.45, 7) is 0.373. The van der Waals surface area contributed by atoms with Gasteiger partial charge in [-0.25, -0.2) is 4.39 Å². The van der Waals surface area contributed by atoms with Crippen molar-refractivity contribution in [2.45, 2.75) is 37.8 Å². The van der Waals surface area contributed by atoms with Gasteiger partial charge in [0, 0.05) is 6.54 Å². The minimum Gasteiger partial charge on any atom is -0.392 e. The lowest BCUT2D eigenvalue weighted by Gasteiger charge is -2.19. The zero-order chi connectivity index (χ0) is 15.7. The number of anilines is 1. The highest BCUT2D eigenvalue weighted by Gasteiger charge is 2.38. The van der Waals surface area contributed by atoms with Crippen LogP contribution < -0.4 is 10.2 Å². The maximum absolute atomic E-state index is 13.8. The Balaban J connectivity index is 1.67. The maximum atomic E-state index is 13.8. The number of hydrogen-bond donors (Lipinski definition) is 2. The normalized spacial score (nSPS) is 28.2. The van der Waals surface area contributed by atoms with Gasteiger partial charge in [0.25, 0.3) is 0 Å². The van der Waals surface area contributed by atoms with Crippen molar-refractivity contribution >= 4 is 17.5 Å². The van der Waals surface area contributed by atoms with Crippen molar-refractivity contribution in [2.75, 3.05) is 11.4 Å². The topological polar surface area (TPSA) is 69.6 Å². The molecule has 5 nitrogen and oxygen atoms in total. The first-order chi connectivity index (χ1) is 10.6. The van der Waals surface area contributed by atoms with E-state index >= 15 is 0 Å². The van der Waals surface area contributed by atoms with E-state index < -0.39 is 23.9 Å². The number of halogens is 1. The van der Waals surface area contributed by atoms with Crippen LogP contribution in [0.25, 0.3) is 0 Å². The molecule has 2 N–H and O–H groups in total. The SMILES string of the molecule is O=C(NC1CCN(c2ccccc2F)C1=O)C1CCCC1O. The van der Waals surface area contributed by atoms with Crippen LogP contribution in [0.1, 0.15) is 25.7 Å². The molecule has 1 aromatic rings. The van der Waals surface area contributed by atoms with Gasteiger partial charge in [0.1, 0.15) is 11.9 Å². The second-order valence-corrected chi connectivity index (χ2v) is 5.90. The minimum atomic E-state index is -0.639. The molecule has 3 rings (SSSR count). The number of aliphatic hydroxyl groups is 1. The van der Waals surface area contributed by atoms with E-state index in [0.717, 1.165) is 6.42 Å². The van der Waals surface area contributed by atoms with Crippen molar-refractivity contribution in [3.63, 3.8) is 0 Å². The maximum Gasteiger partial charge on any atom is 0.249 e. The Morgan fingerprint density at radius 2 is 2.05 bits per heavy atom. The van der Waals surface area contributed by atoms with Crippen molar-refractivity contribution in [1.82, 2.24) is 5.32 Å². The molecule has 1 aromatic carbocycles. The summed E-state index contributed by atoms with van der Waals surface area (Å²) in [5.74, 6) is -1.46. The fourth-order valence-corrected chi connectivity index (χ4v) is 3.25. The van der Waals surface area contributed by atoms with Crippen LogP contribution in [0.15, 0.2) is 24.3 Å². The number of carbonyl (C=O) groups is 2. The Kier molecular flexibility index (Phi) is 4.11. The van der Waals surface area contributed by atoms with Gasteiger partial charge in [-0.05, 0) is 37.8 Å². The van der Waals surface area contributed by atoms with Crippen LogP contribution >= 0.6 is 0 Å². The van der Waals surface area contributed by atoms with E-state index in [-0.39, 0.29) is 17.5 Å². The fraction of sp³-hybridized carbons (Fsp3) is 0.500. The third-order valence-corrected chi connectivity index (χ3v) is 4.48. The minimum absolute atomic E-state index is 0.241. The predicted octanol–water partition coefficient (Wildman–Crippen LogP) is 1.21. The molecule has 1 heterocycles. The Morgan fingerprint density at radius 3 is 2.73 bits per heavy atom. The number of amides is 2. The monoisotopic (exact) mass is 306 g/mol. The van der Waals surface area contributed by atoms with Crippen LogP contribution in [0, 0.1) is 11.7 Å². The molecule has 1 saturated heterocycles. The molecule has 3 unspecified atom stereocenters. The zero-order valence-corrected chi connectivity index (χ0v) is 12.2. The van der Waals surface area contributed by atoms with Gasteiger partial charge in [-0.1, -0.05) is 12.1 Å². The first-order valence-corrected chi connectivity index (χ1v) is 7.62. The molecule has 0 aromatic heterocycles. The molecule has 1 aliphatic heterocycles. The molecule has 3 atom stereocenters. The lowest BCUT2D eigenvalue weighted by Crippen LogP contribution is -2.45. The van der Waals surface area contributed by atoms with Crippen LogP contribution in [0.5, 0.6) is 0 Å². The molecule has 118 valence electrons. The van der Waals surface area contributed by atoms with Gasteiger partial charge in [0.05, 0.1) is 17.7 Å². The zero-order valence-electron chi connectivity index (χ0n) is 12.2. The Labute approximate surface area is 128 Å². The Morgan fingerprint density at radius 1 is 1.27 bits per heavy atom. The molecule has 0 bridgehead atoms. The number of rotatable bonds is 3. The number of carbonyl (C=O) groups excluding carboxylic acids is 2. The standard InChI is InChI=1S/C16H19FN2O3/c17-11-5-1-2-6-13(11)19-9-8-12(16(19)22)18-15(21)10-4-3-7-14(10)20/h1-2,5-6,10,12,14,20H,3-4,7-9H2,(H,18,21). The van der Waals surface area contributed by atoms with Crippen LogP contribution in [-0.2, 0) is 9.59 Å². The summed E-state index contributed by atoms with van der Waals surface area (Å²) in [5, 5.41) is 12.5. The van der Waals surface area contributed by atoms with Gasteiger partial charge in [0.15, 0.2) is 0 Å². The Bertz CT molecular complexity index is 593. The quantitative estimate of drug-likeness (QED) is 0.882. The molecule has 1 aliphatic carbocycles. The van der Waals surface area contributed by atoms with Crippen molar-refractivity contribution < 1.29 is 19.1 Å². The molecule has 2 aliphatic rings. The van der Waals surface area contributed by atoms with Crippen molar-refractivity contribution in [1.29, 1.82) is 0 Å². The molecular weight excluding hydrogens is 287 g/mol. The van der Waals surface area contributed by atoms with E-state index in [1.54, 1.807) is 18.2 Å². The summed E-state index contributed by atoms with van der Waals surface area (Å²) in [6.07, 6.45) is 1.91. The molecule has 2 fully saturated rings. The van der Waals surface area contributed by atoms with Crippen molar-refractivity contribution in [3.05, 3.63) is 30.1 Å². The number of hydrogen-bond acceptors (Lipinski definition) is 3. The van der Waals surface area contributed by atoms with Crippen LogP contribution in [0.4, 0.5) is 10.1 Å². The smallest absolute Gasteiger partial charge is 0.249 e. The Hall–Kier alpha value is -1.95. The second kappa shape index (κ2) is 6.04. The summed E-state index contributed by atoms with van der Waals surface area (Å²) in [4.78, 5) is 25.9. The van der Waals surface area contributed by atoms with Crippen LogP contribution in [0.3, 0.4) is 0 Å². The highest BCUT2D eigenvalue weighted by molar-refractivity contribution is 6.01. The highest BCUT2D eigenvalue weighted by atomic mass is 19.1. The number of benzene rings is 1. The first-order valence-electron chi connectivity index (χ1n) is 7.62. The van der Waals surface area contributed by atoms with E-state index in [4.69, 9.17) is 0 Å². The van der Waals surface area contributed by atoms with Crippen molar-refractivity contribution in [2.24, 2.45) is 5.92 Å².